The smallest absolute Gasteiger partial charge is 0.229 e. The van der Waals surface area contributed by atoms with Crippen molar-refractivity contribution in [2.75, 3.05) is 80.7 Å². The van der Waals surface area contributed by atoms with Crippen LogP contribution in [0.15, 0.2) is 30.7 Å². The van der Waals surface area contributed by atoms with Crippen molar-refractivity contribution >= 4 is 28.7 Å². The Morgan fingerprint density at radius 3 is 2.60 bits per heavy atom. The molecule has 0 unspecified atom stereocenters. The maximum Gasteiger partial charge on any atom is 0.229 e. The highest BCUT2D eigenvalue weighted by Gasteiger charge is 2.22. The number of anilines is 3. The molecule has 3 aromatic heterocycles. The number of hydrogen-bond acceptors (Lipinski definition) is 9. The van der Waals surface area contributed by atoms with Crippen molar-refractivity contribution in [2.45, 2.75) is 0 Å². The van der Waals surface area contributed by atoms with Crippen LogP contribution in [0.2, 0.25) is 0 Å². The van der Waals surface area contributed by atoms with Crippen molar-refractivity contribution in [3.05, 3.63) is 30.7 Å². The van der Waals surface area contributed by atoms with E-state index in [-0.39, 0.29) is 0 Å². The average molecular weight is 409 g/mol. The molecule has 0 spiro atoms. The van der Waals surface area contributed by atoms with Crippen molar-refractivity contribution in [2.24, 2.45) is 0 Å². The minimum absolute atomic E-state index is 0.695. The van der Waals surface area contributed by atoms with E-state index in [0.717, 1.165) is 88.7 Å². The highest BCUT2D eigenvalue weighted by Crippen LogP contribution is 2.22. The lowest BCUT2D eigenvalue weighted by Crippen LogP contribution is -2.47. The van der Waals surface area contributed by atoms with Crippen LogP contribution >= 0.6 is 0 Å². The topological polar surface area (TPSA) is 98.3 Å². The van der Waals surface area contributed by atoms with Crippen molar-refractivity contribution in [3.63, 3.8) is 0 Å². The molecule has 2 aliphatic rings. The van der Waals surface area contributed by atoms with Gasteiger partial charge in [-0.3, -0.25) is 4.90 Å². The van der Waals surface area contributed by atoms with E-state index in [4.69, 9.17) is 9.72 Å². The van der Waals surface area contributed by atoms with Gasteiger partial charge in [-0.2, -0.15) is 9.97 Å². The molecule has 0 saturated carbocycles. The fourth-order valence-electron chi connectivity index (χ4n) is 3.92. The number of nitrogens with zero attached hydrogens (tertiary/aromatic N) is 7. The van der Waals surface area contributed by atoms with Crippen LogP contribution in [0.1, 0.15) is 0 Å². The zero-order chi connectivity index (χ0) is 20.2. The van der Waals surface area contributed by atoms with Gasteiger partial charge in [-0.05, 0) is 12.1 Å². The third-order valence-electron chi connectivity index (χ3n) is 5.63. The summed E-state index contributed by atoms with van der Waals surface area (Å²) < 4.78 is 5.42. The van der Waals surface area contributed by atoms with Gasteiger partial charge in [0, 0.05) is 58.6 Å². The number of imidazole rings is 1. The van der Waals surface area contributed by atoms with E-state index in [0.29, 0.717) is 5.65 Å². The predicted octanol–water partition coefficient (Wildman–Crippen LogP) is 0.819. The molecule has 2 N–H and O–H groups in total. The molecule has 5 heterocycles. The Morgan fingerprint density at radius 1 is 0.967 bits per heavy atom. The van der Waals surface area contributed by atoms with E-state index in [1.165, 1.54) is 0 Å². The fourth-order valence-corrected chi connectivity index (χ4v) is 3.92. The number of aromatic amines is 1. The zero-order valence-electron chi connectivity index (χ0n) is 17.0. The lowest BCUT2D eigenvalue weighted by molar-refractivity contribution is 0.0398. The summed E-state index contributed by atoms with van der Waals surface area (Å²) in [5, 5.41) is 3.48. The molecule has 0 aliphatic carbocycles. The number of hydrogen-bond donors (Lipinski definition) is 2. The van der Waals surface area contributed by atoms with Crippen molar-refractivity contribution < 1.29 is 4.74 Å². The van der Waals surface area contributed by atoms with Crippen molar-refractivity contribution in [1.29, 1.82) is 0 Å². The molecular formula is C20H27N9O. The summed E-state index contributed by atoms with van der Waals surface area (Å²) in [6, 6.07) is 6.02. The quantitative estimate of drug-likeness (QED) is 0.613. The first-order valence-electron chi connectivity index (χ1n) is 10.5. The molecular weight excluding hydrogens is 382 g/mol. The average Bonchev–Trinajstić information content (AvgIpc) is 3.29. The largest absolute Gasteiger partial charge is 0.379 e. The molecule has 2 saturated heterocycles. The molecule has 0 aromatic carbocycles. The van der Waals surface area contributed by atoms with Crippen LogP contribution in [0.4, 0.5) is 17.6 Å². The van der Waals surface area contributed by atoms with Gasteiger partial charge >= 0.3 is 0 Å². The Labute approximate surface area is 175 Å². The zero-order valence-corrected chi connectivity index (χ0v) is 17.0. The summed E-state index contributed by atoms with van der Waals surface area (Å²) >= 11 is 0. The van der Waals surface area contributed by atoms with Crippen LogP contribution in [0.3, 0.4) is 0 Å². The van der Waals surface area contributed by atoms with E-state index < -0.39 is 0 Å². The standard InChI is InChI=1S/C20H27N9O/c1-2-4-21-16(3-1)28-7-9-29(10-8-28)20-25-18(17-19(26-20)24-15-23-17)22-5-6-27-11-13-30-14-12-27/h1-4,15H,5-14H2,(H2,22,23,24,25,26). The van der Waals surface area contributed by atoms with Crippen LogP contribution in [0.5, 0.6) is 0 Å². The number of aromatic nitrogens is 5. The first-order chi connectivity index (χ1) is 14.9. The first kappa shape index (κ1) is 19.0. The monoisotopic (exact) mass is 409 g/mol. The second-order valence-electron chi connectivity index (χ2n) is 7.52. The number of pyridine rings is 1. The Morgan fingerprint density at radius 2 is 1.80 bits per heavy atom. The van der Waals surface area contributed by atoms with E-state index in [1.807, 2.05) is 18.3 Å². The highest BCUT2D eigenvalue weighted by molar-refractivity contribution is 5.83. The van der Waals surface area contributed by atoms with Gasteiger partial charge in [0.1, 0.15) is 11.3 Å². The second-order valence-corrected chi connectivity index (χ2v) is 7.52. The van der Waals surface area contributed by atoms with Crippen molar-refractivity contribution in [1.82, 2.24) is 29.8 Å². The number of ether oxygens (including phenoxy) is 1. The van der Waals surface area contributed by atoms with Gasteiger partial charge in [0.05, 0.1) is 19.5 Å². The van der Waals surface area contributed by atoms with Gasteiger partial charge in [0.15, 0.2) is 11.5 Å². The summed E-state index contributed by atoms with van der Waals surface area (Å²) in [6.07, 6.45) is 3.51. The normalized spacial score (nSPS) is 18.1. The van der Waals surface area contributed by atoms with E-state index in [1.54, 1.807) is 6.33 Å². The van der Waals surface area contributed by atoms with Gasteiger partial charge in [-0.15, -0.1) is 0 Å². The minimum Gasteiger partial charge on any atom is -0.379 e. The molecule has 0 atom stereocenters. The third kappa shape index (κ3) is 4.14. The van der Waals surface area contributed by atoms with Crippen LogP contribution < -0.4 is 15.1 Å². The van der Waals surface area contributed by atoms with Gasteiger partial charge < -0.3 is 24.8 Å². The van der Waals surface area contributed by atoms with Crippen LogP contribution in [-0.2, 0) is 4.74 Å². The molecule has 3 aromatic rings. The summed E-state index contributed by atoms with van der Waals surface area (Å²) in [7, 11) is 0. The SMILES string of the molecule is c1ccc(N2CCN(c3nc(NCCN4CCOCC4)c4[nH]cnc4n3)CC2)nc1. The fraction of sp³-hybridized carbons (Fsp3) is 0.500. The van der Waals surface area contributed by atoms with Gasteiger partial charge in [0.25, 0.3) is 0 Å². The number of H-pyrrole nitrogens is 1. The van der Waals surface area contributed by atoms with Gasteiger partial charge in [0.2, 0.25) is 5.95 Å². The Hall–Kier alpha value is -2.98. The Balaban J connectivity index is 1.26. The molecule has 10 heteroatoms. The molecule has 0 bridgehead atoms. The lowest BCUT2D eigenvalue weighted by atomic mass is 10.3. The van der Waals surface area contributed by atoms with Crippen LogP contribution in [0, 0.1) is 0 Å². The van der Waals surface area contributed by atoms with Crippen molar-refractivity contribution in [3.8, 4) is 0 Å². The first-order valence-corrected chi connectivity index (χ1v) is 10.5. The summed E-state index contributed by atoms with van der Waals surface area (Å²) in [4.78, 5) is 28.4. The number of piperazine rings is 1. The lowest BCUT2D eigenvalue weighted by Gasteiger charge is -2.35. The van der Waals surface area contributed by atoms with E-state index in [9.17, 15) is 0 Å². The molecule has 158 valence electrons. The molecule has 0 radical (unpaired) electrons. The number of fused-ring (bicyclic) bond motifs is 1. The maximum absolute atomic E-state index is 5.42. The van der Waals surface area contributed by atoms with Gasteiger partial charge in [-0.1, -0.05) is 6.07 Å². The Bertz CT molecular complexity index is 949. The predicted molar refractivity (Wildman–Crippen MR) is 116 cm³/mol. The molecule has 10 nitrogen and oxygen atoms in total. The van der Waals surface area contributed by atoms with E-state index in [2.05, 4.69) is 46.0 Å². The number of morpholine rings is 1. The summed E-state index contributed by atoms with van der Waals surface area (Å²) in [5.74, 6) is 2.56. The number of rotatable bonds is 6. The third-order valence-corrected chi connectivity index (χ3v) is 5.63. The molecule has 5 rings (SSSR count). The molecule has 2 fully saturated rings. The second kappa shape index (κ2) is 8.80. The van der Waals surface area contributed by atoms with E-state index >= 15 is 0 Å². The Kier molecular flexibility index (Phi) is 5.58. The minimum atomic E-state index is 0.695. The van der Waals surface area contributed by atoms with Crippen LogP contribution in [-0.4, -0.2) is 95.4 Å². The summed E-state index contributed by atoms with van der Waals surface area (Å²) in [6.45, 7) is 8.84. The van der Waals surface area contributed by atoms with Crippen LogP contribution in [0.25, 0.3) is 11.2 Å². The molecule has 2 aliphatic heterocycles. The maximum atomic E-state index is 5.42. The molecule has 30 heavy (non-hydrogen) atoms. The molecule has 0 amide bonds. The summed E-state index contributed by atoms with van der Waals surface area (Å²) in [5.41, 5.74) is 1.55. The highest BCUT2D eigenvalue weighted by atomic mass is 16.5. The van der Waals surface area contributed by atoms with Gasteiger partial charge in [-0.25, -0.2) is 9.97 Å². The number of nitrogens with one attached hydrogen (secondary N) is 2.